The molecule has 0 saturated carbocycles. The van der Waals surface area contributed by atoms with Crippen LogP contribution in [0.2, 0.25) is 0 Å². The topological polar surface area (TPSA) is 84.6 Å². The zero-order chi connectivity index (χ0) is 23.8. The molecule has 0 unspecified atom stereocenters. The van der Waals surface area contributed by atoms with Gasteiger partial charge in [0.15, 0.2) is 0 Å². The summed E-state index contributed by atoms with van der Waals surface area (Å²) in [5.74, 6) is 3.29. The minimum atomic E-state index is -0.358. The zero-order valence-corrected chi connectivity index (χ0v) is 19.4. The first-order chi connectivity index (χ1) is 17.2. The fourth-order valence-corrected chi connectivity index (χ4v) is 4.74. The van der Waals surface area contributed by atoms with Crippen LogP contribution in [0.25, 0.3) is 11.4 Å². The third-order valence-corrected chi connectivity index (χ3v) is 6.62. The van der Waals surface area contributed by atoms with Gasteiger partial charge in [0.2, 0.25) is 17.6 Å². The molecule has 6 rings (SSSR count). The normalized spacial score (nSPS) is 15.3. The van der Waals surface area contributed by atoms with Crippen molar-refractivity contribution < 1.29 is 14.1 Å². The lowest BCUT2D eigenvalue weighted by Crippen LogP contribution is -2.50. The SMILES string of the molecule is CCc1nc(-c2ccc(N3CCN(C(=O)C4c5ccccc5Oc5ccccc54)CC3)nc2)no1. The number of hydrogen-bond acceptors (Lipinski definition) is 7. The van der Waals surface area contributed by atoms with Crippen LogP contribution < -0.4 is 9.64 Å². The monoisotopic (exact) mass is 467 g/mol. The number of nitrogens with zero attached hydrogens (tertiary/aromatic N) is 5. The molecular formula is C27H25N5O3. The number of pyridine rings is 1. The number of aromatic nitrogens is 3. The summed E-state index contributed by atoms with van der Waals surface area (Å²) in [5.41, 5.74) is 2.66. The van der Waals surface area contributed by atoms with Crippen molar-refractivity contribution in [3.63, 3.8) is 0 Å². The standard InChI is InChI=1S/C27H25N5O3/c1-2-24-29-26(30-35-24)18-11-12-23(28-17-18)31-13-15-32(16-14-31)27(33)25-19-7-3-5-9-21(19)34-22-10-6-4-8-20(22)25/h3-12,17,25H,2,13-16H2,1H3. The number of ether oxygens (including phenoxy) is 1. The van der Waals surface area contributed by atoms with E-state index in [1.165, 1.54) is 0 Å². The van der Waals surface area contributed by atoms with Gasteiger partial charge in [0.1, 0.15) is 17.3 Å². The number of aryl methyl sites for hydroxylation is 1. The number of benzene rings is 2. The molecular weight excluding hydrogens is 442 g/mol. The molecule has 8 nitrogen and oxygen atoms in total. The van der Waals surface area contributed by atoms with Gasteiger partial charge in [-0.1, -0.05) is 48.5 Å². The number of rotatable bonds is 4. The smallest absolute Gasteiger partial charge is 0.234 e. The molecule has 0 radical (unpaired) electrons. The maximum Gasteiger partial charge on any atom is 0.234 e. The number of anilines is 1. The number of carbonyl (C=O) groups excluding carboxylic acids is 1. The summed E-state index contributed by atoms with van der Waals surface area (Å²) in [6.45, 7) is 4.67. The van der Waals surface area contributed by atoms with Gasteiger partial charge in [0.05, 0.1) is 5.92 Å². The van der Waals surface area contributed by atoms with E-state index < -0.39 is 0 Å². The van der Waals surface area contributed by atoms with E-state index in [1.807, 2.05) is 72.5 Å². The maximum atomic E-state index is 13.8. The van der Waals surface area contributed by atoms with E-state index in [9.17, 15) is 4.79 Å². The van der Waals surface area contributed by atoms with Crippen molar-refractivity contribution in [2.75, 3.05) is 31.1 Å². The first kappa shape index (κ1) is 21.3. The van der Waals surface area contributed by atoms with Gasteiger partial charge in [0.25, 0.3) is 0 Å². The van der Waals surface area contributed by atoms with Crippen molar-refractivity contribution in [1.82, 2.24) is 20.0 Å². The van der Waals surface area contributed by atoms with Crippen LogP contribution in [0.5, 0.6) is 11.5 Å². The highest BCUT2D eigenvalue weighted by molar-refractivity contribution is 5.90. The first-order valence-electron chi connectivity index (χ1n) is 11.9. The number of carbonyl (C=O) groups is 1. The Kier molecular flexibility index (Phi) is 5.41. The summed E-state index contributed by atoms with van der Waals surface area (Å²) in [6.07, 6.45) is 2.47. The Morgan fingerprint density at radius 1 is 0.943 bits per heavy atom. The summed E-state index contributed by atoms with van der Waals surface area (Å²) < 4.78 is 11.3. The van der Waals surface area contributed by atoms with E-state index in [-0.39, 0.29) is 11.8 Å². The molecule has 4 heterocycles. The molecule has 0 N–H and O–H groups in total. The summed E-state index contributed by atoms with van der Waals surface area (Å²) in [7, 11) is 0. The Hall–Kier alpha value is -4.20. The fourth-order valence-electron chi connectivity index (χ4n) is 4.74. The minimum absolute atomic E-state index is 0.111. The lowest BCUT2D eigenvalue weighted by Gasteiger charge is -2.38. The molecule has 1 fully saturated rings. The van der Waals surface area contributed by atoms with Gasteiger partial charge in [-0.25, -0.2) is 4.98 Å². The quantitative estimate of drug-likeness (QED) is 0.443. The molecule has 2 aromatic carbocycles. The van der Waals surface area contributed by atoms with Gasteiger partial charge in [0, 0.05) is 55.5 Å². The largest absolute Gasteiger partial charge is 0.457 e. The van der Waals surface area contributed by atoms with Gasteiger partial charge in [-0.2, -0.15) is 4.98 Å². The fraction of sp³-hybridized carbons (Fsp3) is 0.259. The molecule has 2 aliphatic rings. The maximum absolute atomic E-state index is 13.8. The molecule has 2 aromatic heterocycles. The van der Waals surface area contributed by atoms with Crippen LogP contribution >= 0.6 is 0 Å². The number of piperazine rings is 1. The molecule has 1 amide bonds. The van der Waals surface area contributed by atoms with E-state index >= 15 is 0 Å². The van der Waals surface area contributed by atoms with Crippen LogP contribution in [0.3, 0.4) is 0 Å². The number of para-hydroxylation sites is 2. The van der Waals surface area contributed by atoms with Crippen molar-refractivity contribution in [3.05, 3.63) is 83.9 Å². The molecule has 176 valence electrons. The lowest BCUT2D eigenvalue weighted by atomic mass is 9.86. The van der Waals surface area contributed by atoms with Crippen molar-refractivity contribution in [1.29, 1.82) is 0 Å². The highest BCUT2D eigenvalue weighted by Crippen LogP contribution is 2.44. The second kappa shape index (κ2) is 8.87. The average molecular weight is 468 g/mol. The second-order valence-corrected chi connectivity index (χ2v) is 8.69. The molecule has 0 aliphatic carbocycles. The van der Waals surface area contributed by atoms with E-state index in [0.29, 0.717) is 44.3 Å². The minimum Gasteiger partial charge on any atom is -0.457 e. The lowest BCUT2D eigenvalue weighted by molar-refractivity contribution is -0.132. The van der Waals surface area contributed by atoms with Crippen LogP contribution in [0, 0.1) is 0 Å². The van der Waals surface area contributed by atoms with Gasteiger partial charge >= 0.3 is 0 Å². The van der Waals surface area contributed by atoms with Gasteiger partial charge < -0.3 is 19.1 Å². The molecule has 1 saturated heterocycles. The Morgan fingerprint density at radius 3 is 2.23 bits per heavy atom. The highest BCUT2D eigenvalue weighted by Gasteiger charge is 2.36. The van der Waals surface area contributed by atoms with Crippen molar-refractivity contribution in [3.8, 4) is 22.9 Å². The molecule has 0 atom stereocenters. The van der Waals surface area contributed by atoms with Crippen LogP contribution in [0.15, 0.2) is 71.4 Å². The molecule has 0 spiro atoms. The third kappa shape index (κ3) is 3.90. The Balaban J connectivity index is 1.17. The summed E-state index contributed by atoms with van der Waals surface area (Å²) in [6, 6.07) is 19.6. The summed E-state index contributed by atoms with van der Waals surface area (Å²) in [5, 5.41) is 4.01. The van der Waals surface area contributed by atoms with Crippen molar-refractivity contribution >= 4 is 11.7 Å². The first-order valence-corrected chi connectivity index (χ1v) is 11.9. The van der Waals surface area contributed by atoms with Crippen molar-refractivity contribution in [2.45, 2.75) is 19.3 Å². The van der Waals surface area contributed by atoms with Crippen LogP contribution in [0.1, 0.15) is 29.9 Å². The Morgan fingerprint density at radius 2 is 1.63 bits per heavy atom. The van der Waals surface area contributed by atoms with Crippen LogP contribution in [-0.4, -0.2) is 52.1 Å². The second-order valence-electron chi connectivity index (χ2n) is 8.69. The van der Waals surface area contributed by atoms with Gasteiger partial charge in [-0.05, 0) is 24.3 Å². The van der Waals surface area contributed by atoms with E-state index in [4.69, 9.17) is 9.26 Å². The zero-order valence-electron chi connectivity index (χ0n) is 19.4. The summed E-state index contributed by atoms with van der Waals surface area (Å²) in [4.78, 5) is 26.9. The van der Waals surface area contributed by atoms with E-state index in [0.717, 1.165) is 34.0 Å². The number of hydrogen-bond donors (Lipinski definition) is 0. The van der Waals surface area contributed by atoms with Gasteiger partial charge in [-0.3, -0.25) is 4.79 Å². The number of amides is 1. The molecule has 2 aliphatic heterocycles. The Bertz CT molecular complexity index is 1310. The predicted octanol–water partition coefficient (Wildman–Crippen LogP) is 4.28. The number of fused-ring (bicyclic) bond motifs is 2. The molecule has 4 aromatic rings. The predicted molar refractivity (Wildman–Crippen MR) is 131 cm³/mol. The molecule has 35 heavy (non-hydrogen) atoms. The van der Waals surface area contributed by atoms with E-state index in [2.05, 4.69) is 20.0 Å². The van der Waals surface area contributed by atoms with E-state index in [1.54, 1.807) is 6.20 Å². The Labute approximate surface area is 203 Å². The summed E-state index contributed by atoms with van der Waals surface area (Å²) >= 11 is 0. The molecule has 8 heteroatoms. The highest BCUT2D eigenvalue weighted by atomic mass is 16.5. The van der Waals surface area contributed by atoms with Gasteiger partial charge in [-0.15, -0.1) is 0 Å². The van der Waals surface area contributed by atoms with Crippen LogP contribution in [-0.2, 0) is 11.2 Å². The average Bonchev–Trinajstić information content (AvgIpc) is 3.41. The van der Waals surface area contributed by atoms with Crippen LogP contribution in [0.4, 0.5) is 5.82 Å². The third-order valence-electron chi connectivity index (χ3n) is 6.62. The molecule has 0 bridgehead atoms. The van der Waals surface area contributed by atoms with Crippen molar-refractivity contribution in [2.24, 2.45) is 0 Å².